The largest absolute Gasteiger partial charge is 0.452 e. The van der Waals surface area contributed by atoms with Crippen molar-refractivity contribution in [2.75, 3.05) is 46.0 Å². The minimum absolute atomic E-state index is 0.114. The van der Waals surface area contributed by atoms with Crippen molar-refractivity contribution < 1.29 is 27.5 Å². The summed E-state index contributed by atoms with van der Waals surface area (Å²) < 4.78 is 36.9. The maximum atomic E-state index is 12.6. The second-order valence-electron chi connectivity index (χ2n) is 7.86. The molecule has 2 aliphatic heterocycles. The van der Waals surface area contributed by atoms with E-state index in [0.29, 0.717) is 51.2 Å². The number of benzene rings is 1. The Morgan fingerprint density at radius 2 is 1.66 bits per heavy atom. The molecule has 0 bridgehead atoms. The van der Waals surface area contributed by atoms with Crippen molar-refractivity contribution in [2.24, 2.45) is 11.8 Å². The lowest BCUT2D eigenvalue weighted by Crippen LogP contribution is -2.44. The van der Waals surface area contributed by atoms with Gasteiger partial charge >= 0.3 is 5.97 Å². The lowest BCUT2D eigenvalue weighted by molar-refractivity contribution is -0.137. The van der Waals surface area contributed by atoms with Crippen LogP contribution in [-0.4, -0.2) is 75.5 Å². The summed E-state index contributed by atoms with van der Waals surface area (Å²) in [7, 11) is -3.61. The van der Waals surface area contributed by atoms with Crippen LogP contribution < -0.4 is 0 Å². The zero-order valence-corrected chi connectivity index (χ0v) is 17.7. The number of piperidine rings is 1. The Hall–Kier alpha value is -1.97. The maximum Gasteiger partial charge on any atom is 0.338 e. The van der Waals surface area contributed by atoms with Crippen LogP contribution >= 0.6 is 0 Å². The molecule has 1 aromatic rings. The molecular formula is C20H28N2O6S. The van der Waals surface area contributed by atoms with Gasteiger partial charge in [0.1, 0.15) is 0 Å². The number of nitrogens with zero attached hydrogens (tertiary/aromatic N) is 2. The van der Waals surface area contributed by atoms with E-state index in [1.165, 1.54) is 28.6 Å². The summed E-state index contributed by atoms with van der Waals surface area (Å²) in [5, 5.41) is 0. The van der Waals surface area contributed by atoms with Crippen LogP contribution in [0.4, 0.5) is 0 Å². The van der Waals surface area contributed by atoms with Gasteiger partial charge in [0.2, 0.25) is 10.0 Å². The van der Waals surface area contributed by atoms with Crippen molar-refractivity contribution >= 4 is 21.9 Å². The predicted octanol–water partition coefficient (Wildman–Crippen LogP) is 1.37. The average Bonchev–Trinajstić information content (AvgIpc) is 2.71. The number of rotatable bonds is 5. The Bertz CT molecular complexity index is 823. The Balaban J connectivity index is 1.57. The van der Waals surface area contributed by atoms with Gasteiger partial charge < -0.3 is 14.4 Å². The van der Waals surface area contributed by atoms with Gasteiger partial charge in [-0.1, -0.05) is 13.8 Å². The zero-order chi connectivity index (χ0) is 21.0. The van der Waals surface area contributed by atoms with E-state index in [2.05, 4.69) is 13.8 Å². The smallest absolute Gasteiger partial charge is 0.338 e. The van der Waals surface area contributed by atoms with Crippen LogP contribution in [0.5, 0.6) is 0 Å². The first-order valence-corrected chi connectivity index (χ1v) is 11.3. The van der Waals surface area contributed by atoms with Gasteiger partial charge in [-0.2, -0.15) is 4.31 Å². The fourth-order valence-corrected chi connectivity index (χ4v) is 5.28. The number of hydrogen-bond acceptors (Lipinski definition) is 6. The van der Waals surface area contributed by atoms with Crippen molar-refractivity contribution in [2.45, 2.75) is 25.2 Å². The highest BCUT2D eigenvalue weighted by Crippen LogP contribution is 2.21. The highest BCUT2D eigenvalue weighted by molar-refractivity contribution is 7.89. The van der Waals surface area contributed by atoms with E-state index in [0.717, 1.165) is 6.42 Å². The van der Waals surface area contributed by atoms with E-state index in [-0.39, 0.29) is 23.0 Å². The first kappa shape index (κ1) is 21.7. The summed E-state index contributed by atoms with van der Waals surface area (Å²) in [5.74, 6) is 0.00812. The molecule has 29 heavy (non-hydrogen) atoms. The minimum atomic E-state index is -3.61. The first-order valence-electron chi connectivity index (χ1n) is 9.90. The van der Waals surface area contributed by atoms with Gasteiger partial charge in [-0.25, -0.2) is 13.2 Å². The second kappa shape index (κ2) is 9.23. The fraction of sp³-hybridized carbons (Fsp3) is 0.600. The summed E-state index contributed by atoms with van der Waals surface area (Å²) in [5.41, 5.74) is 0.208. The molecule has 2 fully saturated rings. The van der Waals surface area contributed by atoms with Gasteiger partial charge in [0.15, 0.2) is 6.61 Å². The quantitative estimate of drug-likeness (QED) is 0.663. The first-order chi connectivity index (χ1) is 13.8. The summed E-state index contributed by atoms with van der Waals surface area (Å²) in [6.07, 6.45) is 1.09. The molecule has 0 saturated carbocycles. The molecule has 9 heteroatoms. The lowest BCUT2D eigenvalue weighted by Gasteiger charge is -2.34. The van der Waals surface area contributed by atoms with E-state index < -0.39 is 16.0 Å². The topological polar surface area (TPSA) is 93.2 Å². The number of ether oxygens (including phenoxy) is 2. The number of morpholine rings is 1. The molecule has 2 heterocycles. The van der Waals surface area contributed by atoms with Gasteiger partial charge in [0.05, 0.1) is 23.7 Å². The number of sulfonamides is 1. The van der Waals surface area contributed by atoms with Crippen LogP contribution in [0, 0.1) is 11.8 Å². The SMILES string of the molecule is CC1CC(C)CN(C(=O)COC(=O)c2ccc(S(=O)(=O)N3CCOCC3)cc2)C1. The molecule has 0 N–H and O–H groups in total. The average molecular weight is 425 g/mol. The number of likely N-dealkylation sites (tertiary alicyclic amines) is 1. The number of amides is 1. The summed E-state index contributed by atoms with van der Waals surface area (Å²) >= 11 is 0. The minimum Gasteiger partial charge on any atom is -0.452 e. The third-order valence-corrected chi connectivity index (χ3v) is 7.16. The van der Waals surface area contributed by atoms with E-state index >= 15 is 0 Å². The van der Waals surface area contributed by atoms with Crippen LogP contribution in [0.1, 0.15) is 30.6 Å². The predicted molar refractivity (Wildman–Crippen MR) is 106 cm³/mol. The number of hydrogen-bond donors (Lipinski definition) is 0. The van der Waals surface area contributed by atoms with E-state index in [4.69, 9.17) is 9.47 Å². The van der Waals surface area contributed by atoms with Crippen molar-refractivity contribution in [1.29, 1.82) is 0 Å². The Morgan fingerprint density at radius 3 is 2.24 bits per heavy atom. The van der Waals surface area contributed by atoms with Crippen LogP contribution in [0.3, 0.4) is 0 Å². The normalized spacial score (nSPS) is 23.6. The molecule has 160 valence electrons. The van der Waals surface area contributed by atoms with Crippen LogP contribution in [-0.2, 0) is 24.3 Å². The molecule has 0 aromatic heterocycles. The van der Waals surface area contributed by atoms with Gasteiger partial charge in [0.25, 0.3) is 5.91 Å². The van der Waals surface area contributed by atoms with E-state index in [1.807, 2.05) is 0 Å². The van der Waals surface area contributed by atoms with Crippen LogP contribution in [0.2, 0.25) is 0 Å². The highest BCUT2D eigenvalue weighted by Gasteiger charge is 2.27. The summed E-state index contributed by atoms with van der Waals surface area (Å²) in [6.45, 7) is 6.60. The molecule has 3 rings (SSSR count). The third kappa shape index (κ3) is 5.34. The van der Waals surface area contributed by atoms with Crippen molar-refractivity contribution in [3.05, 3.63) is 29.8 Å². The van der Waals surface area contributed by atoms with E-state index in [9.17, 15) is 18.0 Å². The standard InChI is InChI=1S/C20H28N2O6S/c1-15-11-16(2)13-21(12-15)19(23)14-28-20(24)17-3-5-18(6-4-17)29(25,26)22-7-9-27-10-8-22/h3-6,15-16H,7-14H2,1-2H3. The zero-order valence-electron chi connectivity index (χ0n) is 16.9. The Morgan fingerprint density at radius 1 is 1.07 bits per heavy atom. The molecule has 2 aliphatic rings. The monoisotopic (exact) mass is 424 g/mol. The highest BCUT2D eigenvalue weighted by atomic mass is 32.2. The summed E-state index contributed by atoms with van der Waals surface area (Å²) in [6, 6.07) is 5.59. The Kier molecular flexibility index (Phi) is 6.92. The number of carbonyl (C=O) groups excluding carboxylic acids is 2. The third-order valence-electron chi connectivity index (χ3n) is 5.25. The molecule has 2 unspecified atom stereocenters. The molecule has 1 aromatic carbocycles. The van der Waals surface area contributed by atoms with Gasteiger partial charge in [-0.3, -0.25) is 4.79 Å². The van der Waals surface area contributed by atoms with Crippen molar-refractivity contribution in [1.82, 2.24) is 9.21 Å². The Labute approximate surface area is 171 Å². The molecule has 2 saturated heterocycles. The number of esters is 1. The maximum absolute atomic E-state index is 12.6. The van der Waals surface area contributed by atoms with Crippen LogP contribution in [0.25, 0.3) is 0 Å². The van der Waals surface area contributed by atoms with Crippen LogP contribution in [0.15, 0.2) is 29.2 Å². The van der Waals surface area contributed by atoms with Gasteiger partial charge in [0, 0.05) is 26.2 Å². The lowest BCUT2D eigenvalue weighted by atomic mass is 9.92. The fourth-order valence-electron chi connectivity index (χ4n) is 3.87. The second-order valence-corrected chi connectivity index (χ2v) is 9.80. The molecule has 0 spiro atoms. The molecule has 8 nitrogen and oxygen atoms in total. The molecule has 0 aliphatic carbocycles. The van der Waals surface area contributed by atoms with Gasteiger partial charge in [-0.15, -0.1) is 0 Å². The van der Waals surface area contributed by atoms with Gasteiger partial charge in [-0.05, 0) is 42.5 Å². The summed E-state index contributed by atoms with van der Waals surface area (Å²) in [4.78, 5) is 26.4. The number of carbonyl (C=O) groups is 2. The van der Waals surface area contributed by atoms with E-state index in [1.54, 1.807) is 4.90 Å². The van der Waals surface area contributed by atoms with Crippen molar-refractivity contribution in [3.8, 4) is 0 Å². The molecule has 1 amide bonds. The molecular weight excluding hydrogens is 396 g/mol. The van der Waals surface area contributed by atoms with Crippen molar-refractivity contribution in [3.63, 3.8) is 0 Å². The molecule has 0 radical (unpaired) electrons. The molecule has 2 atom stereocenters.